The van der Waals surface area contributed by atoms with Crippen molar-refractivity contribution >= 4 is 35.6 Å². The summed E-state index contributed by atoms with van der Waals surface area (Å²) in [5.41, 5.74) is 1.28. The molecule has 43 heavy (non-hydrogen) atoms. The van der Waals surface area contributed by atoms with Crippen LogP contribution in [0.2, 0.25) is 0 Å². The van der Waals surface area contributed by atoms with Crippen LogP contribution in [0.5, 0.6) is 0 Å². The first-order valence-corrected chi connectivity index (χ1v) is 12.7. The molecule has 0 radical (unpaired) electrons. The highest BCUT2D eigenvalue weighted by molar-refractivity contribution is 5.89. The van der Waals surface area contributed by atoms with Gasteiger partial charge in [-0.3, -0.25) is 19.3 Å². The molecule has 3 heterocycles. The Kier molecular flexibility index (Phi) is 11.5. The van der Waals surface area contributed by atoms with E-state index in [1.54, 1.807) is 0 Å². The minimum Gasteiger partial charge on any atom is -0.480 e. The molecule has 0 bridgehead atoms. The Balaban J connectivity index is 1.69. The molecule has 0 aromatic carbocycles. The van der Waals surface area contributed by atoms with Gasteiger partial charge in [-0.05, 0) is 0 Å². The fraction of sp³-hybridized carbons (Fsp3) is 0.375. The van der Waals surface area contributed by atoms with Crippen molar-refractivity contribution in [1.82, 2.24) is 50.8 Å². The standard InChI is InChI=1S/C24H30N10O9/c35-19(31-16(22(38)39)1-13-4-25-10-28-13)7-34(8-20(36)32-17(23(40)41)2-14-5-26-11-29-14)9-21(37)33-18(24(42)43)3-15-6-27-12-30-15/h4-6,10-12,16-18H,1-3,7-9H2,(H,25,28)(H,26,29)(H,27,30)(H,31,35)(H,32,36)(H,33,37)(H,38,39)(H,40,41)(H,42,43). The lowest BCUT2D eigenvalue weighted by molar-refractivity contribution is -0.143. The van der Waals surface area contributed by atoms with Crippen molar-refractivity contribution in [3.63, 3.8) is 0 Å². The maximum atomic E-state index is 12.8. The number of aromatic amines is 3. The van der Waals surface area contributed by atoms with Gasteiger partial charge in [0.05, 0.1) is 38.6 Å². The molecular weight excluding hydrogens is 572 g/mol. The number of aromatic nitrogens is 6. The number of nitrogens with zero attached hydrogens (tertiary/aromatic N) is 4. The number of carbonyl (C=O) groups excluding carboxylic acids is 3. The van der Waals surface area contributed by atoms with Crippen LogP contribution in [0.3, 0.4) is 0 Å². The van der Waals surface area contributed by atoms with E-state index in [1.165, 1.54) is 37.6 Å². The van der Waals surface area contributed by atoms with E-state index in [2.05, 4.69) is 45.9 Å². The van der Waals surface area contributed by atoms with Gasteiger partial charge in [0.25, 0.3) is 0 Å². The SMILES string of the molecule is O=C(CN(CC(=O)NC(Cc1cnc[nH]1)C(=O)O)CC(=O)NC(Cc1cnc[nH]1)C(=O)O)NC(Cc1cnc[nH]1)C(=O)O. The summed E-state index contributed by atoms with van der Waals surface area (Å²) in [4.78, 5) is 94.2. The molecule has 3 rings (SSSR count). The molecule has 9 N–H and O–H groups in total. The lowest BCUT2D eigenvalue weighted by Crippen LogP contribution is -2.53. The molecule has 3 aromatic heterocycles. The molecule has 19 heteroatoms. The van der Waals surface area contributed by atoms with E-state index in [1.807, 2.05) is 0 Å². The monoisotopic (exact) mass is 602 g/mol. The highest BCUT2D eigenvalue weighted by Crippen LogP contribution is 2.03. The van der Waals surface area contributed by atoms with E-state index in [4.69, 9.17) is 0 Å². The van der Waals surface area contributed by atoms with Crippen LogP contribution in [0, 0.1) is 0 Å². The number of aliphatic carboxylic acids is 3. The molecule has 0 aliphatic carbocycles. The molecule has 3 aromatic rings. The van der Waals surface area contributed by atoms with Crippen molar-refractivity contribution < 1.29 is 44.1 Å². The third kappa shape index (κ3) is 10.7. The molecule has 0 spiro atoms. The zero-order valence-corrected chi connectivity index (χ0v) is 22.5. The number of nitrogens with one attached hydrogen (secondary N) is 6. The summed E-state index contributed by atoms with van der Waals surface area (Å²) in [6.07, 6.45) is 7.75. The van der Waals surface area contributed by atoms with Crippen LogP contribution in [0.4, 0.5) is 0 Å². The molecule has 3 atom stereocenters. The van der Waals surface area contributed by atoms with Gasteiger partial charge >= 0.3 is 17.9 Å². The molecule has 19 nitrogen and oxygen atoms in total. The van der Waals surface area contributed by atoms with Crippen LogP contribution in [0.1, 0.15) is 17.1 Å². The zero-order chi connectivity index (χ0) is 31.4. The highest BCUT2D eigenvalue weighted by atomic mass is 16.4. The number of carbonyl (C=O) groups is 6. The molecule has 0 fully saturated rings. The maximum Gasteiger partial charge on any atom is 0.326 e. The third-order valence-corrected chi connectivity index (χ3v) is 5.94. The first kappa shape index (κ1) is 31.9. The second-order valence-corrected chi connectivity index (χ2v) is 9.36. The summed E-state index contributed by atoms with van der Waals surface area (Å²) in [5, 5.41) is 35.6. The lowest BCUT2D eigenvalue weighted by atomic mass is 10.1. The number of H-pyrrole nitrogens is 3. The van der Waals surface area contributed by atoms with E-state index >= 15 is 0 Å². The average molecular weight is 603 g/mol. The number of hydrogen-bond donors (Lipinski definition) is 9. The van der Waals surface area contributed by atoms with Crippen molar-refractivity contribution in [2.75, 3.05) is 19.6 Å². The third-order valence-electron chi connectivity index (χ3n) is 5.94. The smallest absolute Gasteiger partial charge is 0.326 e. The van der Waals surface area contributed by atoms with E-state index in [-0.39, 0.29) is 19.3 Å². The summed E-state index contributed by atoms with van der Waals surface area (Å²) >= 11 is 0. The van der Waals surface area contributed by atoms with Gasteiger partial charge in [-0.1, -0.05) is 0 Å². The molecule has 3 amide bonds. The van der Waals surface area contributed by atoms with Gasteiger partial charge in [0.1, 0.15) is 18.1 Å². The van der Waals surface area contributed by atoms with E-state index in [9.17, 15) is 44.1 Å². The summed E-state index contributed by atoms with van der Waals surface area (Å²) in [6.45, 7) is -1.99. The average Bonchev–Trinajstić information content (AvgIpc) is 3.72. The fourth-order valence-electron chi connectivity index (χ4n) is 3.95. The molecule has 0 aliphatic heterocycles. The van der Waals surface area contributed by atoms with Crippen LogP contribution in [0.25, 0.3) is 0 Å². The Morgan fingerprint density at radius 1 is 0.581 bits per heavy atom. The van der Waals surface area contributed by atoms with Crippen molar-refractivity contribution in [1.29, 1.82) is 0 Å². The number of amides is 3. The number of hydrogen-bond acceptors (Lipinski definition) is 10. The van der Waals surface area contributed by atoms with Gasteiger partial charge in [-0.2, -0.15) is 0 Å². The van der Waals surface area contributed by atoms with Gasteiger partial charge in [0, 0.05) is 54.9 Å². The van der Waals surface area contributed by atoms with Crippen LogP contribution in [0.15, 0.2) is 37.6 Å². The maximum absolute atomic E-state index is 12.8. The van der Waals surface area contributed by atoms with Gasteiger partial charge in [-0.15, -0.1) is 0 Å². The van der Waals surface area contributed by atoms with Gasteiger partial charge in [0.15, 0.2) is 0 Å². The second-order valence-electron chi connectivity index (χ2n) is 9.36. The Labute approximate surface area is 242 Å². The van der Waals surface area contributed by atoms with E-state index < -0.39 is 73.4 Å². The normalized spacial score (nSPS) is 13.0. The number of carboxylic acids is 3. The number of carboxylic acid groups (broad SMARTS) is 3. The molecule has 230 valence electrons. The van der Waals surface area contributed by atoms with Gasteiger partial charge < -0.3 is 46.2 Å². The van der Waals surface area contributed by atoms with Crippen molar-refractivity contribution in [2.24, 2.45) is 0 Å². The highest BCUT2D eigenvalue weighted by Gasteiger charge is 2.28. The van der Waals surface area contributed by atoms with E-state index in [0.717, 1.165) is 4.90 Å². The topological polar surface area (TPSA) is 288 Å². The number of imidazole rings is 3. The first-order chi connectivity index (χ1) is 20.5. The van der Waals surface area contributed by atoms with Crippen molar-refractivity contribution in [3.8, 4) is 0 Å². The van der Waals surface area contributed by atoms with Crippen molar-refractivity contribution in [2.45, 2.75) is 37.4 Å². The lowest BCUT2D eigenvalue weighted by Gasteiger charge is -2.24. The van der Waals surface area contributed by atoms with Crippen LogP contribution >= 0.6 is 0 Å². The van der Waals surface area contributed by atoms with Gasteiger partial charge in [0.2, 0.25) is 17.7 Å². The molecule has 0 saturated heterocycles. The van der Waals surface area contributed by atoms with Crippen LogP contribution < -0.4 is 16.0 Å². The molecular formula is C24H30N10O9. The minimum atomic E-state index is -1.38. The number of rotatable bonds is 18. The Morgan fingerprint density at radius 2 is 0.860 bits per heavy atom. The summed E-state index contributed by atoms with van der Waals surface area (Å²) in [7, 11) is 0. The Morgan fingerprint density at radius 3 is 1.07 bits per heavy atom. The summed E-state index contributed by atoms with van der Waals surface area (Å²) in [6, 6.07) is -4.14. The molecule has 3 unspecified atom stereocenters. The largest absolute Gasteiger partial charge is 0.480 e. The van der Waals surface area contributed by atoms with Crippen LogP contribution in [-0.2, 0) is 48.0 Å². The van der Waals surface area contributed by atoms with Crippen molar-refractivity contribution in [3.05, 3.63) is 54.7 Å². The molecule has 0 saturated carbocycles. The first-order valence-electron chi connectivity index (χ1n) is 12.7. The Hall–Kier alpha value is -5.59. The minimum absolute atomic E-state index is 0.135. The van der Waals surface area contributed by atoms with Crippen LogP contribution in [-0.4, -0.2) is 124 Å². The fourth-order valence-corrected chi connectivity index (χ4v) is 3.95. The summed E-state index contributed by atoms with van der Waals surface area (Å²) < 4.78 is 0. The van der Waals surface area contributed by atoms with E-state index in [0.29, 0.717) is 17.1 Å². The van der Waals surface area contributed by atoms with Gasteiger partial charge in [-0.25, -0.2) is 29.3 Å². The second kappa shape index (κ2) is 15.4. The molecule has 0 aliphatic rings. The predicted octanol–water partition coefficient (Wildman–Crippen LogP) is -3.11. The Bertz CT molecular complexity index is 1210. The predicted molar refractivity (Wildman–Crippen MR) is 142 cm³/mol. The summed E-state index contributed by atoms with van der Waals surface area (Å²) in [5.74, 6) is -6.66. The quantitative estimate of drug-likeness (QED) is 0.0698. The zero-order valence-electron chi connectivity index (χ0n) is 22.5.